The van der Waals surface area contributed by atoms with Crippen molar-refractivity contribution in [3.05, 3.63) is 0 Å². The minimum atomic E-state index is -9.79. The normalized spacial score (nSPS) is 39.9. The van der Waals surface area contributed by atoms with Crippen LogP contribution in [0.3, 0.4) is 0 Å². The van der Waals surface area contributed by atoms with E-state index in [1.165, 1.54) is 0 Å². The predicted molar refractivity (Wildman–Crippen MR) is 99.6 cm³/mol. The Morgan fingerprint density at radius 1 is 0.305 bits per heavy atom. The summed E-state index contributed by atoms with van der Waals surface area (Å²) in [6, 6.07) is 0. The predicted octanol–water partition coefficient (Wildman–Crippen LogP) is 5.89. The Balaban J connectivity index is 0.00000930. The molecule has 0 amide bonds. The minimum Gasteiger partial charge on any atom is -0.832 e. The first kappa shape index (κ1) is 51.5. The summed E-state index contributed by atoms with van der Waals surface area (Å²) in [6.45, 7) is 0. The standard InChI is InChI=1S/C20BF34O3.Li/c22-3-1(15(38,39)40,16(41,42)43)7(9(3,26)27,5(24,19(50,51)52)13(34,35)11(3,30)31)57-21(56)58-8-2(17(44,45)46,18(47,48)49)4(23,10(8,28)29)12(32,33)14(36,37)6(8,25)20(53,54)55;/q-1;+1. The van der Waals surface area contributed by atoms with Gasteiger partial charge in [-0.2, -0.15) is 132 Å². The van der Waals surface area contributed by atoms with Crippen molar-refractivity contribution in [3.63, 3.8) is 0 Å². The molecule has 0 saturated heterocycles. The summed E-state index contributed by atoms with van der Waals surface area (Å²) in [4.78, 5) is 0. The van der Waals surface area contributed by atoms with E-state index in [0.29, 0.717) is 0 Å². The molecule has 0 radical (unpaired) electrons. The van der Waals surface area contributed by atoms with Crippen LogP contribution in [0.2, 0.25) is 0 Å². The van der Waals surface area contributed by atoms with Crippen molar-refractivity contribution >= 4 is 7.32 Å². The van der Waals surface area contributed by atoms with Crippen LogP contribution in [-0.4, -0.2) is 114 Å². The van der Waals surface area contributed by atoms with Crippen LogP contribution in [0.4, 0.5) is 149 Å². The second-order valence-corrected chi connectivity index (χ2v) is 12.5. The number of alkyl halides is 34. The maximum Gasteiger partial charge on any atom is 1.00 e. The summed E-state index contributed by atoms with van der Waals surface area (Å²) in [5.74, 6) is -55.4. The van der Waals surface area contributed by atoms with E-state index in [0.717, 1.165) is 0 Å². The summed E-state index contributed by atoms with van der Waals surface area (Å²) >= 11 is 0. The third-order valence-electron chi connectivity index (χ3n) is 10.4. The number of hydrogen-bond donors (Lipinski definition) is 0. The van der Waals surface area contributed by atoms with Crippen LogP contribution in [0.25, 0.3) is 0 Å². The van der Waals surface area contributed by atoms with E-state index in [4.69, 9.17) is 0 Å². The quantitative estimate of drug-likeness (QED) is 0.261. The number of fused-ring (bicyclic) bond motifs is 4. The Morgan fingerprint density at radius 3 is 0.644 bits per heavy atom. The molecule has 340 valence electrons. The monoisotopic (exact) mass is 952 g/mol. The third-order valence-corrected chi connectivity index (χ3v) is 10.4. The SMILES string of the molecule is [Li+].[O-]B(OC12C(F)(F)C(F)(C(F)(F)C(F)(F)C1(F)C(F)(F)F)C2(C(F)(F)F)C(F)(F)F)OC12C(F)(F)C(F)(C(F)(F)C(F)(F)C1(F)C(F)(F)F)C2(C(F)(F)F)C(F)(F)F. The van der Waals surface area contributed by atoms with Gasteiger partial charge >= 0.3 is 110 Å². The van der Waals surface area contributed by atoms with E-state index < -0.39 is 125 Å². The Bertz CT molecular complexity index is 1590. The molecule has 6 aliphatic rings. The van der Waals surface area contributed by atoms with Gasteiger partial charge in [0.1, 0.15) is 0 Å². The molecular weight excluding hydrogens is 952 g/mol. The maximum absolute atomic E-state index is 15.7. The molecule has 4 bridgehead atoms. The Hall–Kier alpha value is -1.84. The number of halogens is 34. The van der Waals surface area contributed by atoms with E-state index in [-0.39, 0.29) is 18.9 Å². The molecule has 3 nitrogen and oxygen atoms in total. The Kier molecular flexibility index (Phi) is 9.84. The zero-order valence-corrected chi connectivity index (χ0v) is 25.7. The zero-order valence-electron chi connectivity index (χ0n) is 25.7. The van der Waals surface area contributed by atoms with Crippen LogP contribution < -0.4 is 23.9 Å². The molecule has 0 aliphatic heterocycles. The molecule has 6 unspecified atom stereocenters. The fourth-order valence-corrected chi connectivity index (χ4v) is 8.37. The molecule has 0 aromatic carbocycles. The van der Waals surface area contributed by atoms with Gasteiger partial charge in [-0.05, 0) is 0 Å². The van der Waals surface area contributed by atoms with Crippen molar-refractivity contribution < 1.29 is 182 Å². The van der Waals surface area contributed by atoms with Gasteiger partial charge < -0.3 is 14.3 Å². The van der Waals surface area contributed by atoms with Crippen molar-refractivity contribution in [2.45, 2.75) is 106 Å². The van der Waals surface area contributed by atoms with Crippen molar-refractivity contribution in [1.29, 1.82) is 0 Å². The van der Waals surface area contributed by atoms with Crippen LogP contribution in [0, 0.1) is 10.8 Å². The fourth-order valence-electron chi connectivity index (χ4n) is 8.37. The van der Waals surface area contributed by atoms with E-state index in [1.807, 2.05) is 0 Å². The molecule has 0 aromatic rings. The molecule has 0 aromatic heterocycles. The zero-order chi connectivity index (χ0) is 47.0. The summed E-state index contributed by atoms with van der Waals surface area (Å²) in [5, 5.41) is 12.4. The second-order valence-electron chi connectivity index (χ2n) is 12.5. The summed E-state index contributed by atoms with van der Waals surface area (Å²) < 4.78 is 495. The van der Waals surface area contributed by atoms with E-state index in [1.54, 1.807) is 9.31 Å². The Morgan fingerprint density at radius 2 is 0.492 bits per heavy atom. The molecule has 59 heavy (non-hydrogen) atoms. The molecule has 39 heteroatoms. The fraction of sp³-hybridized carbons (Fsp3) is 1.00. The van der Waals surface area contributed by atoms with Gasteiger partial charge in [0.25, 0.3) is 11.3 Å². The molecule has 6 fully saturated rings. The van der Waals surface area contributed by atoms with Gasteiger partial charge in [-0.3, -0.25) is 0 Å². The van der Waals surface area contributed by atoms with E-state index in [9.17, 15) is 119 Å². The van der Waals surface area contributed by atoms with Crippen LogP contribution in [0.5, 0.6) is 0 Å². The van der Waals surface area contributed by atoms with Crippen LogP contribution in [-0.2, 0) is 9.31 Å². The van der Waals surface area contributed by atoms with Crippen LogP contribution in [0.1, 0.15) is 0 Å². The molecule has 6 saturated carbocycles. The van der Waals surface area contributed by atoms with Crippen molar-refractivity contribution in [2.24, 2.45) is 10.8 Å². The van der Waals surface area contributed by atoms with Gasteiger partial charge in [-0.25, -0.2) is 17.6 Å². The summed E-state index contributed by atoms with van der Waals surface area (Å²) in [7, 11) is -7.67. The minimum absolute atomic E-state index is 0. The molecule has 6 aliphatic carbocycles. The van der Waals surface area contributed by atoms with Gasteiger partial charge in [-0.1, -0.05) is 0 Å². The molecular formula is C20BF34LiO3. The average molecular weight is 952 g/mol. The molecule has 6 atom stereocenters. The van der Waals surface area contributed by atoms with Crippen LogP contribution in [0.15, 0.2) is 0 Å². The summed E-state index contributed by atoms with van der Waals surface area (Å²) in [6.07, 6.45) is -56.0. The Labute approximate surface area is 308 Å². The smallest absolute Gasteiger partial charge is 0.832 e. The molecule has 0 heterocycles. The molecule has 0 spiro atoms. The first-order valence-corrected chi connectivity index (χ1v) is 13.0. The molecule has 0 N–H and O–H groups in total. The second kappa shape index (κ2) is 11.3. The van der Waals surface area contributed by atoms with Crippen LogP contribution >= 0.6 is 0 Å². The molecule has 6 rings (SSSR count). The first-order chi connectivity index (χ1) is 24.6. The summed E-state index contributed by atoms with van der Waals surface area (Å²) in [5.41, 5.74) is -76.0. The van der Waals surface area contributed by atoms with Gasteiger partial charge in [0, 0.05) is 0 Å². The maximum atomic E-state index is 15.7. The number of hydrogen-bond acceptors (Lipinski definition) is 3. The van der Waals surface area contributed by atoms with E-state index >= 15 is 35.1 Å². The van der Waals surface area contributed by atoms with E-state index in [2.05, 4.69) is 0 Å². The first-order valence-electron chi connectivity index (χ1n) is 13.0. The topological polar surface area (TPSA) is 41.5 Å². The van der Waals surface area contributed by atoms with Gasteiger partial charge in [0.15, 0.2) is 11.2 Å². The average Bonchev–Trinajstić information content (AvgIpc) is 2.92. The van der Waals surface area contributed by atoms with Gasteiger partial charge in [-0.15, -0.1) is 0 Å². The van der Waals surface area contributed by atoms with Gasteiger partial charge in [0.2, 0.25) is 10.8 Å². The van der Waals surface area contributed by atoms with Gasteiger partial charge in [0.05, 0.1) is 0 Å². The van der Waals surface area contributed by atoms with Crippen molar-refractivity contribution in [2.75, 3.05) is 0 Å². The largest absolute Gasteiger partial charge is 1.00 e. The van der Waals surface area contributed by atoms with Crippen molar-refractivity contribution in [1.82, 2.24) is 0 Å². The number of rotatable bonds is 4. The third kappa shape index (κ3) is 3.88. The van der Waals surface area contributed by atoms with Crippen molar-refractivity contribution in [3.8, 4) is 0 Å².